The van der Waals surface area contributed by atoms with Gasteiger partial charge in [-0.15, -0.1) is 11.3 Å². The summed E-state index contributed by atoms with van der Waals surface area (Å²) in [5, 5.41) is 8.80. The van der Waals surface area contributed by atoms with Gasteiger partial charge in [-0.05, 0) is 49.2 Å². The molecule has 27 heavy (non-hydrogen) atoms. The smallest absolute Gasteiger partial charge is 0.277 e. The topological polar surface area (TPSA) is 61.6 Å². The second kappa shape index (κ2) is 7.54. The van der Waals surface area contributed by atoms with Crippen molar-refractivity contribution in [2.24, 2.45) is 0 Å². The number of rotatable bonds is 4. The summed E-state index contributed by atoms with van der Waals surface area (Å²) in [5.74, 6) is 0.342. The Labute approximate surface area is 162 Å². The molecule has 4 rings (SSSR count). The molecule has 3 heterocycles. The number of piperazine rings is 1. The van der Waals surface area contributed by atoms with Crippen LogP contribution < -0.4 is 10.2 Å². The lowest BCUT2D eigenvalue weighted by Crippen LogP contribution is -2.44. The number of carbonyl (C=O) groups excluding carboxylic acids is 1. The van der Waals surface area contributed by atoms with E-state index in [0.29, 0.717) is 5.76 Å². The highest BCUT2D eigenvalue weighted by Gasteiger charge is 2.17. The molecule has 1 aliphatic heterocycles. The lowest BCUT2D eigenvalue weighted by Gasteiger charge is -2.34. The number of carbonyl (C=O) groups is 1. The number of thiophene rings is 1. The van der Waals surface area contributed by atoms with Crippen molar-refractivity contribution in [2.75, 3.05) is 43.4 Å². The molecule has 1 N–H and O–H groups in total. The van der Waals surface area contributed by atoms with Crippen LogP contribution in [-0.2, 0) is 0 Å². The Morgan fingerprint density at radius 2 is 2.00 bits per heavy atom. The van der Waals surface area contributed by atoms with E-state index in [1.165, 1.54) is 5.69 Å². The number of nitrogens with one attached hydrogen (secondary N) is 1. The maximum Gasteiger partial charge on any atom is 0.277 e. The van der Waals surface area contributed by atoms with E-state index in [2.05, 4.69) is 39.5 Å². The Morgan fingerprint density at radius 3 is 2.70 bits per heavy atom. The molecule has 0 radical (unpaired) electrons. The lowest BCUT2D eigenvalue weighted by molar-refractivity contribution is 0.101. The zero-order valence-electron chi connectivity index (χ0n) is 15.4. The molecule has 0 unspecified atom stereocenters. The first-order valence-corrected chi connectivity index (χ1v) is 9.84. The first kappa shape index (κ1) is 17.8. The third-order valence-electron chi connectivity index (χ3n) is 4.83. The minimum Gasteiger partial charge on any atom is -0.369 e. The number of aromatic nitrogens is 1. The molecule has 0 bridgehead atoms. The molecular formula is C20H22N4O2S. The van der Waals surface area contributed by atoms with Gasteiger partial charge in [0.05, 0.1) is 4.88 Å². The summed E-state index contributed by atoms with van der Waals surface area (Å²) >= 11 is 1.55. The number of benzene rings is 1. The van der Waals surface area contributed by atoms with E-state index in [9.17, 15) is 4.79 Å². The van der Waals surface area contributed by atoms with Gasteiger partial charge < -0.3 is 19.6 Å². The van der Waals surface area contributed by atoms with Crippen LogP contribution in [0.15, 0.2) is 46.3 Å². The Morgan fingerprint density at radius 1 is 1.19 bits per heavy atom. The Bertz CT molecular complexity index is 927. The standard InChI is InChI=1S/C20H22N4O2S/c1-14-12-15(24-9-7-23(2)8-10-24)5-6-16(14)21-20(25)17-13-18(26-22-17)19-4-3-11-27-19/h3-6,11-13H,7-10H2,1-2H3,(H,21,25). The molecule has 1 saturated heterocycles. The van der Waals surface area contributed by atoms with Crippen molar-refractivity contribution in [1.29, 1.82) is 0 Å². The van der Waals surface area contributed by atoms with Gasteiger partial charge in [0.25, 0.3) is 5.91 Å². The monoisotopic (exact) mass is 382 g/mol. The highest BCUT2D eigenvalue weighted by Crippen LogP contribution is 2.27. The highest BCUT2D eigenvalue weighted by atomic mass is 32.1. The molecule has 1 aliphatic rings. The van der Waals surface area contributed by atoms with Crippen molar-refractivity contribution in [3.05, 3.63) is 53.0 Å². The van der Waals surface area contributed by atoms with Crippen LogP contribution in [0.2, 0.25) is 0 Å². The van der Waals surface area contributed by atoms with Gasteiger partial charge >= 0.3 is 0 Å². The van der Waals surface area contributed by atoms with Crippen LogP contribution in [0.25, 0.3) is 10.6 Å². The Hall–Kier alpha value is -2.64. The van der Waals surface area contributed by atoms with E-state index in [0.717, 1.165) is 42.3 Å². The van der Waals surface area contributed by atoms with Crippen molar-refractivity contribution in [2.45, 2.75) is 6.92 Å². The molecule has 0 spiro atoms. The number of hydrogen-bond acceptors (Lipinski definition) is 6. The fourth-order valence-electron chi connectivity index (χ4n) is 3.15. The van der Waals surface area contributed by atoms with Crippen LogP contribution in [0.3, 0.4) is 0 Å². The summed E-state index contributed by atoms with van der Waals surface area (Å²) in [7, 11) is 2.15. The van der Waals surface area contributed by atoms with E-state index in [1.807, 2.05) is 30.5 Å². The van der Waals surface area contributed by atoms with Crippen molar-refractivity contribution < 1.29 is 9.32 Å². The van der Waals surface area contributed by atoms with Crippen LogP contribution in [0.4, 0.5) is 11.4 Å². The van der Waals surface area contributed by atoms with Crippen LogP contribution in [0.5, 0.6) is 0 Å². The zero-order valence-corrected chi connectivity index (χ0v) is 16.3. The van der Waals surface area contributed by atoms with Gasteiger partial charge in [0, 0.05) is 43.6 Å². The Kier molecular flexibility index (Phi) is 4.96. The van der Waals surface area contributed by atoms with E-state index in [1.54, 1.807) is 17.4 Å². The largest absolute Gasteiger partial charge is 0.369 e. The third-order valence-corrected chi connectivity index (χ3v) is 5.72. The SMILES string of the molecule is Cc1cc(N2CCN(C)CC2)ccc1NC(=O)c1cc(-c2cccs2)on1. The molecule has 0 atom stereocenters. The van der Waals surface area contributed by atoms with Gasteiger partial charge in [0.2, 0.25) is 0 Å². The maximum atomic E-state index is 12.5. The predicted octanol–water partition coefficient (Wildman–Crippen LogP) is 3.72. The summed E-state index contributed by atoms with van der Waals surface area (Å²) < 4.78 is 5.29. The molecule has 0 aliphatic carbocycles. The third kappa shape index (κ3) is 3.89. The molecule has 3 aromatic rings. The minimum atomic E-state index is -0.267. The number of anilines is 2. The van der Waals surface area contributed by atoms with Crippen LogP contribution in [-0.4, -0.2) is 49.2 Å². The van der Waals surface area contributed by atoms with E-state index < -0.39 is 0 Å². The van der Waals surface area contributed by atoms with Crippen LogP contribution in [0, 0.1) is 6.92 Å². The number of nitrogens with zero attached hydrogens (tertiary/aromatic N) is 3. The zero-order chi connectivity index (χ0) is 18.8. The maximum absolute atomic E-state index is 12.5. The molecular weight excluding hydrogens is 360 g/mol. The minimum absolute atomic E-state index is 0.267. The van der Waals surface area contributed by atoms with E-state index >= 15 is 0 Å². The second-order valence-electron chi connectivity index (χ2n) is 6.80. The van der Waals surface area contributed by atoms with Crippen molar-refractivity contribution >= 4 is 28.6 Å². The van der Waals surface area contributed by atoms with Crippen molar-refractivity contribution in [1.82, 2.24) is 10.1 Å². The molecule has 1 aromatic carbocycles. The molecule has 1 amide bonds. The fourth-order valence-corrected chi connectivity index (χ4v) is 3.83. The lowest BCUT2D eigenvalue weighted by atomic mass is 10.1. The molecule has 1 fully saturated rings. The van der Waals surface area contributed by atoms with Gasteiger partial charge in [-0.2, -0.15) is 0 Å². The van der Waals surface area contributed by atoms with Gasteiger partial charge in [-0.1, -0.05) is 11.2 Å². The summed E-state index contributed by atoms with van der Waals surface area (Å²) in [6, 6.07) is 11.7. The summed E-state index contributed by atoms with van der Waals surface area (Å²) in [5.41, 5.74) is 3.29. The van der Waals surface area contributed by atoms with Gasteiger partial charge in [-0.3, -0.25) is 4.79 Å². The van der Waals surface area contributed by atoms with Crippen LogP contribution in [0.1, 0.15) is 16.1 Å². The first-order chi connectivity index (χ1) is 13.1. The van der Waals surface area contributed by atoms with E-state index in [-0.39, 0.29) is 11.6 Å². The van der Waals surface area contributed by atoms with Crippen molar-refractivity contribution in [3.8, 4) is 10.6 Å². The predicted molar refractivity (Wildman–Crippen MR) is 109 cm³/mol. The molecule has 0 saturated carbocycles. The van der Waals surface area contributed by atoms with Crippen molar-refractivity contribution in [3.63, 3.8) is 0 Å². The van der Waals surface area contributed by atoms with Crippen LogP contribution >= 0.6 is 11.3 Å². The van der Waals surface area contributed by atoms with Gasteiger partial charge in [0.15, 0.2) is 11.5 Å². The van der Waals surface area contributed by atoms with Gasteiger partial charge in [0.1, 0.15) is 0 Å². The summed E-state index contributed by atoms with van der Waals surface area (Å²) in [6.45, 7) is 6.18. The Balaban J connectivity index is 1.45. The average molecular weight is 382 g/mol. The number of likely N-dealkylation sites (N-methyl/N-ethyl adjacent to an activating group) is 1. The summed E-state index contributed by atoms with van der Waals surface area (Å²) in [4.78, 5) is 18.2. The molecule has 6 nitrogen and oxygen atoms in total. The second-order valence-corrected chi connectivity index (χ2v) is 7.75. The highest BCUT2D eigenvalue weighted by molar-refractivity contribution is 7.13. The number of aryl methyl sites for hydroxylation is 1. The quantitative estimate of drug-likeness (QED) is 0.745. The first-order valence-electron chi connectivity index (χ1n) is 8.96. The molecule has 7 heteroatoms. The van der Waals surface area contributed by atoms with Gasteiger partial charge in [-0.25, -0.2) is 0 Å². The molecule has 140 valence electrons. The average Bonchev–Trinajstić information content (AvgIpc) is 3.35. The normalized spacial score (nSPS) is 15.1. The number of hydrogen-bond donors (Lipinski definition) is 1. The number of amides is 1. The fraction of sp³-hybridized carbons (Fsp3) is 0.300. The van der Waals surface area contributed by atoms with E-state index in [4.69, 9.17) is 4.52 Å². The summed E-state index contributed by atoms with van der Waals surface area (Å²) in [6.07, 6.45) is 0. The molecule has 2 aromatic heterocycles.